The first-order valence-corrected chi connectivity index (χ1v) is 6.16. The number of fused-ring (bicyclic) bond motifs is 4. The molecule has 0 N–H and O–H groups in total. The molecule has 2 aromatic carbocycles. The average Bonchev–Trinajstić information content (AvgIpc) is 2.46. The average molecular weight is 232 g/mol. The molecule has 1 unspecified atom stereocenters. The van der Waals surface area contributed by atoms with Gasteiger partial charge in [-0.15, -0.1) is 0 Å². The topological polar surface area (TPSA) is 9.23 Å². The summed E-state index contributed by atoms with van der Waals surface area (Å²) >= 11 is 0. The van der Waals surface area contributed by atoms with Crippen molar-refractivity contribution in [3.63, 3.8) is 0 Å². The SMILES string of the molecule is C1=CC2=c3ccc4ccccc4c3=COC2C=C1. The van der Waals surface area contributed by atoms with Crippen LogP contribution >= 0.6 is 0 Å². The van der Waals surface area contributed by atoms with Gasteiger partial charge >= 0.3 is 0 Å². The van der Waals surface area contributed by atoms with Gasteiger partial charge in [-0.25, -0.2) is 0 Å². The van der Waals surface area contributed by atoms with Crippen molar-refractivity contribution >= 4 is 22.6 Å². The summed E-state index contributed by atoms with van der Waals surface area (Å²) in [7, 11) is 0. The Labute approximate surface area is 105 Å². The molecule has 2 aromatic rings. The summed E-state index contributed by atoms with van der Waals surface area (Å²) in [5, 5.41) is 4.99. The molecule has 0 aromatic heterocycles. The highest BCUT2D eigenvalue weighted by atomic mass is 16.5. The molecule has 18 heavy (non-hydrogen) atoms. The van der Waals surface area contributed by atoms with Crippen molar-refractivity contribution in [2.24, 2.45) is 0 Å². The summed E-state index contributed by atoms with van der Waals surface area (Å²) in [6.07, 6.45) is 10.3. The normalized spacial score (nSPS) is 20.0. The Kier molecular flexibility index (Phi) is 1.95. The fraction of sp³-hybridized carbons (Fsp3) is 0.0588. The van der Waals surface area contributed by atoms with Crippen molar-refractivity contribution in [2.45, 2.75) is 6.10 Å². The standard InChI is InChI=1S/C17H12O/c1-2-6-13-12(5-1)9-10-14-15-7-3-4-8-17(15)18-11-16(13)14/h1-11,17H. The molecule has 1 atom stereocenters. The molecule has 1 heteroatoms. The van der Waals surface area contributed by atoms with E-state index >= 15 is 0 Å². The minimum Gasteiger partial charge on any atom is -0.489 e. The van der Waals surface area contributed by atoms with E-state index in [0.29, 0.717) is 0 Å². The quantitative estimate of drug-likeness (QED) is 0.677. The Balaban J connectivity index is 2.20. The maximum Gasteiger partial charge on any atom is 0.142 e. The number of ether oxygens (including phenoxy) is 1. The third kappa shape index (κ3) is 1.28. The van der Waals surface area contributed by atoms with Crippen molar-refractivity contribution < 1.29 is 4.74 Å². The molecule has 86 valence electrons. The molecule has 1 nitrogen and oxygen atoms in total. The molecule has 0 amide bonds. The van der Waals surface area contributed by atoms with Crippen LogP contribution in [0.1, 0.15) is 0 Å². The summed E-state index contributed by atoms with van der Waals surface area (Å²) in [6.45, 7) is 0. The lowest BCUT2D eigenvalue weighted by molar-refractivity contribution is 0.275. The van der Waals surface area contributed by atoms with Crippen molar-refractivity contribution in [1.29, 1.82) is 0 Å². The third-order valence-corrected chi connectivity index (χ3v) is 3.59. The summed E-state index contributed by atoms with van der Waals surface area (Å²) in [4.78, 5) is 0. The van der Waals surface area contributed by atoms with Crippen LogP contribution < -0.4 is 10.4 Å². The number of hydrogen-bond donors (Lipinski definition) is 0. The molecule has 1 heterocycles. The Morgan fingerprint density at radius 3 is 2.89 bits per heavy atom. The first-order valence-electron chi connectivity index (χ1n) is 6.16. The fourth-order valence-corrected chi connectivity index (χ4v) is 2.70. The Morgan fingerprint density at radius 1 is 0.944 bits per heavy atom. The molecule has 0 saturated heterocycles. The van der Waals surface area contributed by atoms with E-state index in [1.54, 1.807) is 0 Å². The molecule has 0 bridgehead atoms. The van der Waals surface area contributed by atoms with Crippen LogP contribution in [-0.2, 0) is 4.74 Å². The third-order valence-electron chi connectivity index (χ3n) is 3.59. The number of allylic oxidation sites excluding steroid dienone is 2. The second-order valence-electron chi connectivity index (χ2n) is 4.62. The second-order valence-corrected chi connectivity index (χ2v) is 4.62. The van der Waals surface area contributed by atoms with Gasteiger partial charge < -0.3 is 4.74 Å². The second kappa shape index (κ2) is 3.61. The van der Waals surface area contributed by atoms with Gasteiger partial charge in [-0.2, -0.15) is 0 Å². The summed E-state index contributed by atoms with van der Waals surface area (Å²) in [6, 6.07) is 12.8. The van der Waals surface area contributed by atoms with Crippen LogP contribution in [0, 0.1) is 0 Å². The minimum absolute atomic E-state index is 0.0728. The zero-order valence-corrected chi connectivity index (χ0v) is 9.84. The molecule has 4 rings (SSSR count). The maximum absolute atomic E-state index is 5.82. The fourth-order valence-electron chi connectivity index (χ4n) is 2.70. The molecule has 0 fully saturated rings. The van der Waals surface area contributed by atoms with E-state index in [1.165, 1.54) is 26.8 Å². The van der Waals surface area contributed by atoms with Crippen molar-refractivity contribution in [1.82, 2.24) is 0 Å². The molecule has 1 aliphatic carbocycles. The van der Waals surface area contributed by atoms with Crippen LogP contribution in [0.4, 0.5) is 0 Å². The molecular weight excluding hydrogens is 220 g/mol. The summed E-state index contributed by atoms with van der Waals surface area (Å²) < 4.78 is 5.82. The van der Waals surface area contributed by atoms with E-state index in [0.717, 1.165) is 0 Å². The van der Waals surface area contributed by atoms with E-state index < -0.39 is 0 Å². The van der Waals surface area contributed by atoms with Crippen LogP contribution in [0.2, 0.25) is 0 Å². The van der Waals surface area contributed by atoms with Gasteiger partial charge in [0, 0.05) is 10.8 Å². The molecule has 0 spiro atoms. The molecular formula is C17H12O. The molecule has 0 saturated carbocycles. The highest BCUT2D eigenvalue weighted by Gasteiger charge is 2.16. The van der Waals surface area contributed by atoms with Gasteiger partial charge in [-0.05, 0) is 22.1 Å². The molecule has 0 radical (unpaired) electrons. The van der Waals surface area contributed by atoms with Crippen LogP contribution in [-0.4, -0.2) is 6.10 Å². The van der Waals surface area contributed by atoms with Gasteiger partial charge in [0.1, 0.15) is 6.10 Å². The van der Waals surface area contributed by atoms with E-state index in [9.17, 15) is 0 Å². The van der Waals surface area contributed by atoms with Crippen LogP contribution in [0.25, 0.3) is 22.6 Å². The largest absolute Gasteiger partial charge is 0.489 e. The number of hydrogen-bond acceptors (Lipinski definition) is 1. The lowest BCUT2D eigenvalue weighted by Crippen LogP contribution is -2.35. The van der Waals surface area contributed by atoms with Gasteiger partial charge in [0.25, 0.3) is 0 Å². The van der Waals surface area contributed by atoms with E-state index in [-0.39, 0.29) is 6.10 Å². The van der Waals surface area contributed by atoms with E-state index in [1.807, 2.05) is 12.3 Å². The lowest BCUT2D eigenvalue weighted by atomic mass is 9.96. The highest BCUT2D eigenvalue weighted by molar-refractivity contribution is 5.85. The lowest BCUT2D eigenvalue weighted by Gasteiger charge is -2.21. The van der Waals surface area contributed by atoms with Crippen molar-refractivity contribution in [3.8, 4) is 0 Å². The zero-order chi connectivity index (χ0) is 11.9. The molecule has 2 aliphatic rings. The van der Waals surface area contributed by atoms with Gasteiger partial charge in [0.2, 0.25) is 0 Å². The van der Waals surface area contributed by atoms with E-state index in [4.69, 9.17) is 4.74 Å². The monoisotopic (exact) mass is 232 g/mol. The Hall–Kier alpha value is -2.28. The first kappa shape index (κ1) is 9.72. The van der Waals surface area contributed by atoms with Gasteiger partial charge in [-0.3, -0.25) is 0 Å². The predicted molar refractivity (Wildman–Crippen MR) is 74.2 cm³/mol. The summed E-state index contributed by atoms with van der Waals surface area (Å²) in [5.74, 6) is 0. The van der Waals surface area contributed by atoms with Crippen LogP contribution in [0.3, 0.4) is 0 Å². The molecule has 1 aliphatic heterocycles. The smallest absolute Gasteiger partial charge is 0.142 e. The van der Waals surface area contributed by atoms with Crippen LogP contribution in [0.15, 0.2) is 60.7 Å². The first-order chi connectivity index (χ1) is 8.93. The van der Waals surface area contributed by atoms with Crippen LogP contribution in [0.5, 0.6) is 0 Å². The zero-order valence-electron chi connectivity index (χ0n) is 9.84. The van der Waals surface area contributed by atoms with Gasteiger partial charge in [-0.1, -0.05) is 54.6 Å². The maximum atomic E-state index is 5.82. The highest BCUT2D eigenvalue weighted by Crippen LogP contribution is 2.18. The minimum atomic E-state index is 0.0728. The summed E-state index contributed by atoms with van der Waals surface area (Å²) in [5.41, 5.74) is 1.25. The number of rotatable bonds is 0. The van der Waals surface area contributed by atoms with Gasteiger partial charge in [0.15, 0.2) is 0 Å². The number of benzene rings is 2. The van der Waals surface area contributed by atoms with Gasteiger partial charge in [0.05, 0.1) is 6.26 Å². The van der Waals surface area contributed by atoms with Crippen molar-refractivity contribution in [2.75, 3.05) is 0 Å². The van der Waals surface area contributed by atoms with Crippen molar-refractivity contribution in [3.05, 3.63) is 71.1 Å². The van der Waals surface area contributed by atoms with E-state index in [2.05, 4.69) is 54.6 Å². The Morgan fingerprint density at radius 2 is 1.89 bits per heavy atom. The predicted octanol–water partition coefficient (Wildman–Crippen LogP) is 2.25. The Bertz CT molecular complexity index is 809.